The van der Waals surface area contributed by atoms with Crippen LogP contribution in [0, 0.1) is 5.92 Å². The Kier molecular flexibility index (Phi) is 6.31. The van der Waals surface area contributed by atoms with Crippen LogP contribution < -0.4 is 5.32 Å². The predicted octanol–water partition coefficient (Wildman–Crippen LogP) is 3.05. The lowest BCUT2D eigenvalue weighted by Crippen LogP contribution is -2.63. The van der Waals surface area contributed by atoms with Crippen molar-refractivity contribution in [3.63, 3.8) is 0 Å². The number of rotatable bonds is 7. The first-order chi connectivity index (χ1) is 9.65. The highest BCUT2D eigenvalue weighted by atomic mass is 16.5. The lowest BCUT2D eigenvalue weighted by Gasteiger charge is -2.46. The van der Waals surface area contributed by atoms with Gasteiger partial charge >= 0.3 is 0 Å². The van der Waals surface area contributed by atoms with Crippen LogP contribution in [0.5, 0.6) is 0 Å². The van der Waals surface area contributed by atoms with E-state index in [4.69, 9.17) is 4.74 Å². The minimum absolute atomic E-state index is 0.434. The molecule has 0 amide bonds. The van der Waals surface area contributed by atoms with Gasteiger partial charge in [0, 0.05) is 37.8 Å². The molecule has 1 atom stereocenters. The Morgan fingerprint density at radius 3 is 2.65 bits per heavy atom. The van der Waals surface area contributed by atoms with Crippen molar-refractivity contribution < 1.29 is 4.74 Å². The average molecular weight is 282 g/mol. The zero-order chi connectivity index (χ0) is 14.4. The summed E-state index contributed by atoms with van der Waals surface area (Å²) in [4.78, 5) is 2.69. The standard InChI is InChI=1S/C17H34N2O/c1-4-16-13-18-17(8-5-6-9-17)14-19(16)10-12-20-11-7-15(2)3/h15-16,18H,4-14H2,1-3H3. The summed E-state index contributed by atoms with van der Waals surface area (Å²) in [5.41, 5.74) is 0.434. The second-order valence-electron chi connectivity index (χ2n) is 7.20. The van der Waals surface area contributed by atoms with Crippen molar-refractivity contribution in [3.05, 3.63) is 0 Å². The third-order valence-corrected chi connectivity index (χ3v) is 5.13. The van der Waals surface area contributed by atoms with Crippen molar-refractivity contribution in [2.24, 2.45) is 5.92 Å². The predicted molar refractivity (Wildman–Crippen MR) is 85.1 cm³/mol. The number of hydrogen-bond donors (Lipinski definition) is 1. The van der Waals surface area contributed by atoms with Gasteiger partial charge in [0.25, 0.3) is 0 Å². The zero-order valence-electron chi connectivity index (χ0n) is 13.8. The maximum absolute atomic E-state index is 5.83. The Labute approximate surface area is 125 Å². The molecule has 1 aliphatic heterocycles. The lowest BCUT2D eigenvalue weighted by atomic mass is 9.91. The van der Waals surface area contributed by atoms with E-state index in [1.165, 1.54) is 51.6 Å². The number of hydrogen-bond acceptors (Lipinski definition) is 3. The minimum Gasteiger partial charge on any atom is -0.380 e. The Morgan fingerprint density at radius 2 is 2.00 bits per heavy atom. The number of ether oxygens (including phenoxy) is 1. The number of nitrogens with one attached hydrogen (secondary N) is 1. The molecule has 118 valence electrons. The monoisotopic (exact) mass is 282 g/mol. The molecular weight excluding hydrogens is 248 g/mol. The Balaban J connectivity index is 1.74. The minimum atomic E-state index is 0.434. The van der Waals surface area contributed by atoms with Crippen molar-refractivity contribution in [3.8, 4) is 0 Å². The highest BCUT2D eigenvalue weighted by Gasteiger charge is 2.40. The second-order valence-corrected chi connectivity index (χ2v) is 7.20. The maximum Gasteiger partial charge on any atom is 0.0593 e. The smallest absolute Gasteiger partial charge is 0.0593 e. The summed E-state index contributed by atoms with van der Waals surface area (Å²) >= 11 is 0. The quantitative estimate of drug-likeness (QED) is 0.726. The molecule has 2 rings (SSSR count). The van der Waals surface area contributed by atoms with Crippen LogP contribution in [0.2, 0.25) is 0 Å². The largest absolute Gasteiger partial charge is 0.380 e. The summed E-state index contributed by atoms with van der Waals surface area (Å²) in [6, 6.07) is 0.704. The molecule has 1 aliphatic carbocycles. The van der Waals surface area contributed by atoms with Crippen molar-refractivity contribution in [1.29, 1.82) is 0 Å². The lowest BCUT2D eigenvalue weighted by molar-refractivity contribution is 0.0381. The van der Waals surface area contributed by atoms with Crippen molar-refractivity contribution >= 4 is 0 Å². The molecular formula is C17H34N2O. The fourth-order valence-electron chi connectivity index (χ4n) is 3.69. The van der Waals surface area contributed by atoms with E-state index >= 15 is 0 Å². The van der Waals surface area contributed by atoms with E-state index in [2.05, 4.69) is 31.0 Å². The van der Waals surface area contributed by atoms with Gasteiger partial charge in [-0.15, -0.1) is 0 Å². The fraction of sp³-hybridized carbons (Fsp3) is 1.00. The first-order valence-electron chi connectivity index (χ1n) is 8.72. The van der Waals surface area contributed by atoms with Crippen molar-refractivity contribution in [2.75, 3.05) is 32.8 Å². The van der Waals surface area contributed by atoms with Crippen LogP contribution in [0.3, 0.4) is 0 Å². The number of nitrogens with zero attached hydrogens (tertiary/aromatic N) is 1. The molecule has 1 saturated heterocycles. The molecule has 2 fully saturated rings. The average Bonchev–Trinajstić information content (AvgIpc) is 2.86. The number of piperazine rings is 1. The first-order valence-corrected chi connectivity index (χ1v) is 8.72. The topological polar surface area (TPSA) is 24.5 Å². The van der Waals surface area contributed by atoms with Gasteiger partial charge in [0.1, 0.15) is 0 Å². The summed E-state index contributed by atoms with van der Waals surface area (Å²) in [7, 11) is 0. The summed E-state index contributed by atoms with van der Waals surface area (Å²) in [5, 5.41) is 3.86. The second kappa shape index (κ2) is 7.77. The van der Waals surface area contributed by atoms with Crippen LogP contribution in [0.15, 0.2) is 0 Å². The molecule has 2 aliphatic rings. The third-order valence-electron chi connectivity index (χ3n) is 5.13. The van der Waals surface area contributed by atoms with Crippen molar-refractivity contribution in [2.45, 2.75) is 70.9 Å². The van der Waals surface area contributed by atoms with Gasteiger partial charge in [-0.1, -0.05) is 33.6 Å². The molecule has 0 aromatic carbocycles. The Hall–Kier alpha value is -0.120. The van der Waals surface area contributed by atoms with E-state index in [0.29, 0.717) is 11.6 Å². The molecule has 0 bridgehead atoms. The van der Waals surface area contributed by atoms with Gasteiger partial charge in [-0.2, -0.15) is 0 Å². The zero-order valence-corrected chi connectivity index (χ0v) is 13.8. The third kappa shape index (κ3) is 4.44. The normalized spacial score (nSPS) is 26.7. The molecule has 3 nitrogen and oxygen atoms in total. The molecule has 1 saturated carbocycles. The summed E-state index contributed by atoms with van der Waals surface area (Å²) in [6.07, 6.45) is 7.98. The van der Waals surface area contributed by atoms with E-state index in [-0.39, 0.29) is 0 Å². The molecule has 1 spiro atoms. The van der Waals surface area contributed by atoms with Gasteiger partial charge < -0.3 is 10.1 Å². The summed E-state index contributed by atoms with van der Waals surface area (Å²) in [5.74, 6) is 0.749. The van der Waals surface area contributed by atoms with Gasteiger partial charge in [0.2, 0.25) is 0 Å². The van der Waals surface area contributed by atoms with E-state index < -0.39 is 0 Å². The van der Waals surface area contributed by atoms with Gasteiger partial charge in [0.15, 0.2) is 0 Å². The van der Waals surface area contributed by atoms with Crippen LogP contribution >= 0.6 is 0 Å². The van der Waals surface area contributed by atoms with E-state index in [0.717, 1.165) is 25.7 Å². The molecule has 0 aromatic rings. The van der Waals surface area contributed by atoms with E-state index in [9.17, 15) is 0 Å². The molecule has 0 radical (unpaired) electrons. The first kappa shape index (κ1) is 16.3. The molecule has 3 heteroatoms. The van der Waals surface area contributed by atoms with E-state index in [1.807, 2.05) is 0 Å². The summed E-state index contributed by atoms with van der Waals surface area (Å²) < 4.78 is 5.83. The SMILES string of the molecule is CCC1CNC2(CCCC2)CN1CCOCCC(C)C. The molecule has 1 heterocycles. The molecule has 20 heavy (non-hydrogen) atoms. The van der Waals surface area contributed by atoms with Gasteiger partial charge in [-0.3, -0.25) is 4.90 Å². The van der Waals surface area contributed by atoms with Gasteiger partial charge in [-0.25, -0.2) is 0 Å². The van der Waals surface area contributed by atoms with Crippen LogP contribution in [-0.4, -0.2) is 49.3 Å². The van der Waals surface area contributed by atoms with Gasteiger partial charge in [-0.05, 0) is 31.6 Å². The highest BCUT2D eigenvalue weighted by Crippen LogP contribution is 2.33. The Morgan fingerprint density at radius 1 is 1.25 bits per heavy atom. The molecule has 1 N–H and O–H groups in total. The van der Waals surface area contributed by atoms with Gasteiger partial charge in [0.05, 0.1) is 6.61 Å². The Bertz CT molecular complexity index is 274. The van der Waals surface area contributed by atoms with Crippen LogP contribution in [-0.2, 0) is 4.74 Å². The summed E-state index contributed by atoms with van der Waals surface area (Å²) in [6.45, 7) is 12.2. The highest BCUT2D eigenvalue weighted by molar-refractivity contribution is 5.00. The van der Waals surface area contributed by atoms with Crippen LogP contribution in [0.4, 0.5) is 0 Å². The fourth-order valence-corrected chi connectivity index (χ4v) is 3.69. The van der Waals surface area contributed by atoms with Crippen LogP contribution in [0.1, 0.15) is 59.3 Å². The van der Waals surface area contributed by atoms with Crippen LogP contribution in [0.25, 0.3) is 0 Å². The molecule has 0 aromatic heterocycles. The molecule has 1 unspecified atom stereocenters. The van der Waals surface area contributed by atoms with Crippen molar-refractivity contribution in [1.82, 2.24) is 10.2 Å². The van der Waals surface area contributed by atoms with E-state index in [1.54, 1.807) is 0 Å². The maximum atomic E-state index is 5.83.